The molecule has 0 heterocycles. The summed E-state index contributed by atoms with van der Waals surface area (Å²) in [6, 6.07) is 4.12. The van der Waals surface area contributed by atoms with Gasteiger partial charge in [0.2, 0.25) is 0 Å². The van der Waals surface area contributed by atoms with Crippen LogP contribution in [0.5, 0.6) is 0 Å². The molecular formula is C11H12ClNO4. The van der Waals surface area contributed by atoms with E-state index >= 15 is 0 Å². The van der Waals surface area contributed by atoms with Crippen LogP contribution in [0.3, 0.4) is 0 Å². The van der Waals surface area contributed by atoms with Crippen molar-refractivity contribution >= 4 is 23.3 Å². The van der Waals surface area contributed by atoms with Gasteiger partial charge in [-0.15, -0.1) is 0 Å². The number of carbonyl (C=O) groups is 1. The highest BCUT2D eigenvalue weighted by Gasteiger charge is 2.25. The number of hydrogen-bond acceptors (Lipinski definition) is 4. The summed E-state index contributed by atoms with van der Waals surface area (Å²) in [6.07, 6.45) is 0. The summed E-state index contributed by atoms with van der Waals surface area (Å²) in [5, 5.41) is 11.2. The van der Waals surface area contributed by atoms with Gasteiger partial charge in [0.05, 0.1) is 17.4 Å². The van der Waals surface area contributed by atoms with Gasteiger partial charge in [-0.3, -0.25) is 14.9 Å². The Morgan fingerprint density at radius 2 is 2.24 bits per heavy atom. The Morgan fingerprint density at radius 3 is 2.76 bits per heavy atom. The minimum absolute atomic E-state index is 0.130. The lowest BCUT2D eigenvalue weighted by molar-refractivity contribution is -0.385. The molecule has 0 aliphatic rings. The van der Waals surface area contributed by atoms with Crippen LogP contribution in [0, 0.1) is 10.1 Å². The Balaban J connectivity index is 3.14. The fourth-order valence-corrected chi connectivity index (χ4v) is 1.61. The molecule has 1 atom stereocenters. The van der Waals surface area contributed by atoms with Crippen molar-refractivity contribution in [3.63, 3.8) is 0 Å². The molecule has 0 aliphatic carbocycles. The van der Waals surface area contributed by atoms with Crippen molar-refractivity contribution in [2.24, 2.45) is 0 Å². The minimum atomic E-state index is -0.714. The highest BCUT2D eigenvalue weighted by atomic mass is 35.5. The number of nitrogens with zero attached hydrogens (tertiary/aromatic N) is 1. The molecule has 0 saturated heterocycles. The van der Waals surface area contributed by atoms with Gasteiger partial charge in [-0.2, -0.15) is 0 Å². The standard InChI is InChI=1S/C11H12ClNO4/c1-3-17-11(14)7(2)9-6-8(12)4-5-10(9)13(15)16/h4-7H,3H2,1-2H3. The summed E-state index contributed by atoms with van der Waals surface area (Å²) < 4.78 is 4.83. The smallest absolute Gasteiger partial charge is 0.313 e. The third-order valence-corrected chi connectivity index (χ3v) is 2.53. The highest BCUT2D eigenvalue weighted by Crippen LogP contribution is 2.30. The molecule has 0 aromatic heterocycles. The second kappa shape index (κ2) is 5.63. The second-order valence-electron chi connectivity index (χ2n) is 3.43. The SMILES string of the molecule is CCOC(=O)C(C)c1cc(Cl)ccc1[N+](=O)[O-]. The third-order valence-electron chi connectivity index (χ3n) is 2.29. The lowest BCUT2D eigenvalue weighted by Gasteiger charge is -2.11. The maximum atomic E-state index is 11.5. The number of benzene rings is 1. The summed E-state index contributed by atoms with van der Waals surface area (Å²) in [4.78, 5) is 21.8. The van der Waals surface area contributed by atoms with E-state index < -0.39 is 16.8 Å². The first-order valence-corrected chi connectivity index (χ1v) is 5.45. The summed E-state index contributed by atoms with van der Waals surface area (Å²) in [5.74, 6) is -1.22. The quantitative estimate of drug-likeness (QED) is 0.472. The van der Waals surface area contributed by atoms with Gasteiger partial charge < -0.3 is 4.74 Å². The van der Waals surface area contributed by atoms with Crippen molar-refractivity contribution in [3.8, 4) is 0 Å². The lowest BCUT2D eigenvalue weighted by atomic mass is 9.99. The molecule has 1 aromatic rings. The van der Waals surface area contributed by atoms with Crippen molar-refractivity contribution in [3.05, 3.63) is 38.9 Å². The van der Waals surface area contributed by atoms with Crippen molar-refractivity contribution < 1.29 is 14.5 Å². The van der Waals surface area contributed by atoms with Gasteiger partial charge in [-0.1, -0.05) is 11.6 Å². The molecule has 1 aromatic carbocycles. The summed E-state index contributed by atoms with van der Waals surface area (Å²) in [7, 11) is 0. The Kier molecular flexibility index (Phi) is 4.45. The molecule has 0 amide bonds. The Bertz CT molecular complexity index is 447. The van der Waals surface area contributed by atoms with Gasteiger partial charge in [0.25, 0.3) is 5.69 Å². The lowest BCUT2D eigenvalue weighted by Crippen LogP contribution is -2.14. The monoisotopic (exact) mass is 257 g/mol. The predicted octanol–water partition coefficient (Wildman–Crippen LogP) is 2.91. The van der Waals surface area contributed by atoms with Crippen LogP contribution in [0.25, 0.3) is 0 Å². The molecule has 0 N–H and O–H groups in total. The van der Waals surface area contributed by atoms with Crippen LogP contribution in [-0.4, -0.2) is 17.5 Å². The predicted molar refractivity (Wildman–Crippen MR) is 63.2 cm³/mol. The Morgan fingerprint density at radius 1 is 1.59 bits per heavy atom. The molecule has 0 aliphatic heterocycles. The number of nitro benzene ring substituents is 1. The molecule has 17 heavy (non-hydrogen) atoms. The van der Waals surface area contributed by atoms with Crippen LogP contribution in [0.2, 0.25) is 5.02 Å². The van der Waals surface area contributed by atoms with Crippen LogP contribution in [0.15, 0.2) is 18.2 Å². The molecule has 0 saturated carbocycles. The first-order valence-electron chi connectivity index (χ1n) is 5.07. The van der Waals surface area contributed by atoms with Gasteiger partial charge in [0, 0.05) is 16.7 Å². The first kappa shape index (κ1) is 13.4. The zero-order chi connectivity index (χ0) is 13.0. The zero-order valence-corrected chi connectivity index (χ0v) is 10.2. The van der Waals surface area contributed by atoms with Gasteiger partial charge >= 0.3 is 5.97 Å². The molecule has 0 spiro atoms. The van der Waals surface area contributed by atoms with E-state index in [-0.39, 0.29) is 17.9 Å². The number of halogens is 1. The van der Waals surface area contributed by atoms with Crippen molar-refractivity contribution in [1.82, 2.24) is 0 Å². The molecule has 0 bridgehead atoms. The van der Waals surface area contributed by atoms with Crippen molar-refractivity contribution in [2.45, 2.75) is 19.8 Å². The topological polar surface area (TPSA) is 69.4 Å². The molecule has 0 fully saturated rings. The van der Waals surface area contributed by atoms with Gasteiger partial charge in [-0.05, 0) is 26.0 Å². The molecule has 0 radical (unpaired) electrons. The fraction of sp³-hybridized carbons (Fsp3) is 0.364. The van der Waals surface area contributed by atoms with Crippen LogP contribution in [-0.2, 0) is 9.53 Å². The molecule has 1 unspecified atom stereocenters. The molecule has 5 nitrogen and oxygen atoms in total. The van der Waals surface area contributed by atoms with Gasteiger partial charge in [-0.25, -0.2) is 0 Å². The normalized spacial score (nSPS) is 11.9. The third kappa shape index (κ3) is 3.17. The van der Waals surface area contributed by atoms with E-state index in [0.29, 0.717) is 5.02 Å². The number of nitro groups is 1. The Hall–Kier alpha value is -1.62. The first-order chi connectivity index (χ1) is 7.97. The van der Waals surface area contributed by atoms with Crippen LogP contribution in [0.4, 0.5) is 5.69 Å². The largest absolute Gasteiger partial charge is 0.466 e. The average molecular weight is 258 g/mol. The molecule has 92 valence electrons. The summed E-state index contributed by atoms with van der Waals surface area (Å²) in [6.45, 7) is 3.46. The van der Waals surface area contributed by atoms with Crippen LogP contribution >= 0.6 is 11.6 Å². The van der Waals surface area contributed by atoms with E-state index in [1.54, 1.807) is 13.8 Å². The van der Waals surface area contributed by atoms with E-state index in [2.05, 4.69) is 0 Å². The van der Waals surface area contributed by atoms with E-state index in [1.165, 1.54) is 18.2 Å². The molecule has 6 heteroatoms. The Labute approximate surface area is 103 Å². The highest BCUT2D eigenvalue weighted by molar-refractivity contribution is 6.30. The zero-order valence-electron chi connectivity index (χ0n) is 9.47. The molecule has 1 rings (SSSR count). The molecular weight excluding hydrogens is 246 g/mol. The van der Waals surface area contributed by atoms with Crippen LogP contribution in [0.1, 0.15) is 25.3 Å². The average Bonchev–Trinajstić information content (AvgIpc) is 2.27. The number of esters is 1. The maximum Gasteiger partial charge on any atom is 0.313 e. The van der Waals surface area contributed by atoms with Gasteiger partial charge in [0.15, 0.2) is 0 Å². The van der Waals surface area contributed by atoms with Gasteiger partial charge in [0.1, 0.15) is 0 Å². The van der Waals surface area contributed by atoms with Crippen molar-refractivity contribution in [2.75, 3.05) is 6.61 Å². The van der Waals surface area contributed by atoms with E-state index in [1.807, 2.05) is 0 Å². The number of hydrogen-bond donors (Lipinski definition) is 0. The fourth-order valence-electron chi connectivity index (χ4n) is 1.43. The maximum absolute atomic E-state index is 11.5. The van der Waals surface area contributed by atoms with E-state index in [0.717, 1.165) is 0 Å². The van der Waals surface area contributed by atoms with Crippen LogP contribution < -0.4 is 0 Å². The number of rotatable bonds is 4. The van der Waals surface area contributed by atoms with E-state index in [9.17, 15) is 14.9 Å². The summed E-state index contributed by atoms with van der Waals surface area (Å²) in [5.41, 5.74) is 0.135. The number of ether oxygens (including phenoxy) is 1. The minimum Gasteiger partial charge on any atom is -0.466 e. The van der Waals surface area contributed by atoms with E-state index in [4.69, 9.17) is 16.3 Å². The van der Waals surface area contributed by atoms with Crippen molar-refractivity contribution in [1.29, 1.82) is 0 Å². The second-order valence-corrected chi connectivity index (χ2v) is 3.87. The summed E-state index contributed by atoms with van der Waals surface area (Å²) >= 11 is 5.77. The number of carbonyl (C=O) groups excluding carboxylic acids is 1.